The average molecular weight is 261 g/mol. The molecule has 1 heterocycles. The van der Waals surface area contributed by atoms with E-state index in [1.165, 1.54) is 12.1 Å². The number of hydrogen-bond acceptors (Lipinski definition) is 2. The molecule has 0 radical (unpaired) electrons. The molecule has 2 nitrogen and oxygen atoms in total. The van der Waals surface area contributed by atoms with Crippen molar-refractivity contribution in [2.45, 2.75) is 18.9 Å². The Hall–Kier alpha value is -1.19. The molecule has 3 atom stereocenters. The first-order valence-corrected chi connectivity index (χ1v) is 7.03. The Morgan fingerprint density at radius 1 is 1.16 bits per heavy atom. The van der Waals surface area contributed by atoms with Gasteiger partial charge in [-0.25, -0.2) is 4.39 Å². The maximum atomic E-state index is 12.8. The number of hydrogen-bond donors (Lipinski definition) is 1. The fourth-order valence-corrected chi connectivity index (χ4v) is 3.43. The van der Waals surface area contributed by atoms with Gasteiger partial charge in [-0.2, -0.15) is 0 Å². The van der Waals surface area contributed by atoms with Crippen LogP contribution in [0.2, 0.25) is 0 Å². The highest BCUT2D eigenvalue weighted by Gasteiger charge is 2.39. The van der Waals surface area contributed by atoms with Gasteiger partial charge in [0, 0.05) is 19.6 Å². The number of halogens is 1. The number of benzene rings is 1. The largest absolute Gasteiger partial charge is 0.393 e. The van der Waals surface area contributed by atoms with E-state index in [4.69, 9.17) is 0 Å². The predicted molar refractivity (Wildman–Crippen MR) is 74.1 cm³/mol. The Morgan fingerprint density at radius 3 is 2.42 bits per heavy atom. The van der Waals surface area contributed by atoms with Gasteiger partial charge in [0.15, 0.2) is 0 Å². The van der Waals surface area contributed by atoms with Crippen LogP contribution in [-0.2, 0) is 0 Å². The normalized spacial score (nSPS) is 31.2. The molecule has 102 valence electrons. The van der Waals surface area contributed by atoms with E-state index in [1.807, 2.05) is 6.08 Å². The number of aliphatic hydroxyl groups is 1. The standard InChI is InChI=1S/C16H20FNO/c17-15-5-3-12(4-6-15)2-1-7-18-10-13-8-16(19)9-14(13)11-18/h1-6,13-14,16,19H,7-11H2/b2-1+/t13-,14+,16?. The van der Waals surface area contributed by atoms with Crippen molar-refractivity contribution >= 4 is 6.08 Å². The Morgan fingerprint density at radius 2 is 1.79 bits per heavy atom. The molecular formula is C16H20FNO. The van der Waals surface area contributed by atoms with Crippen LogP contribution in [-0.4, -0.2) is 35.7 Å². The third-order valence-electron chi connectivity index (χ3n) is 4.35. The lowest BCUT2D eigenvalue weighted by molar-refractivity contribution is 0.164. The minimum atomic E-state index is -0.192. The van der Waals surface area contributed by atoms with Gasteiger partial charge in [0.1, 0.15) is 5.82 Å². The first kappa shape index (κ1) is 12.8. The van der Waals surface area contributed by atoms with Crippen molar-refractivity contribution in [2.24, 2.45) is 11.8 Å². The fraction of sp³-hybridized carbons (Fsp3) is 0.500. The Labute approximate surface area is 113 Å². The topological polar surface area (TPSA) is 23.5 Å². The van der Waals surface area contributed by atoms with E-state index in [0.29, 0.717) is 11.8 Å². The summed E-state index contributed by atoms with van der Waals surface area (Å²) in [6.07, 6.45) is 6.07. The summed E-state index contributed by atoms with van der Waals surface area (Å²) in [5, 5.41) is 9.61. The van der Waals surface area contributed by atoms with Crippen LogP contribution in [0.1, 0.15) is 18.4 Å². The fourth-order valence-electron chi connectivity index (χ4n) is 3.43. The third-order valence-corrected chi connectivity index (χ3v) is 4.35. The molecule has 1 saturated heterocycles. The molecule has 1 N–H and O–H groups in total. The third kappa shape index (κ3) is 3.04. The van der Waals surface area contributed by atoms with Crippen molar-refractivity contribution in [1.29, 1.82) is 0 Å². The number of fused-ring (bicyclic) bond motifs is 1. The second-order valence-corrected chi connectivity index (χ2v) is 5.82. The molecule has 1 aliphatic carbocycles. The smallest absolute Gasteiger partial charge is 0.123 e. The summed E-state index contributed by atoms with van der Waals surface area (Å²) in [5.41, 5.74) is 1.04. The molecule has 0 bridgehead atoms. The molecule has 2 aliphatic rings. The van der Waals surface area contributed by atoms with Gasteiger partial charge in [-0.15, -0.1) is 0 Å². The molecule has 1 aromatic carbocycles. The molecule has 3 heteroatoms. The van der Waals surface area contributed by atoms with Crippen LogP contribution in [0.3, 0.4) is 0 Å². The molecule has 1 aromatic rings. The first-order valence-electron chi connectivity index (χ1n) is 7.03. The van der Waals surface area contributed by atoms with Crippen molar-refractivity contribution in [1.82, 2.24) is 4.90 Å². The lowest BCUT2D eigenvalue weighted by Gasteiger charge is -2.15. The van der Waals surface area contributed by atoms with Gasteiger partial charge in [-0.1, -0.05) is 24.3 Å². The van der Waals surface area contributed by atoms with E-state index in [-0.39, 0.29) is 11.9 Å². The summed E-state index contributed by atoms with van der Waals surface area (Å²) in [7, 11) is 0. The van der Waals surface area contributed by atoms with E-state index in [9.17, 15) is 9.50 Å². The maximum Gasteiger partial charge on any atom is 0.123 e. The quantitative estimate of drug-likeness (QED) is 0.904. The van der Waals surface area contributed by atoms with Crippen LogP contribution in [0.15, 0.2) is 30.3 Å². The van der Waals surface area contributed by atoms with Crippen LogP contribution in [0.5, 0.6) is 0 Å². The molecule has 0 aromatic heterocycles. The average Bonchev–Trinajstić information content (AvgIpc) is 2.88. The van der Waals surface area contributed by atoms with Crippen molar-refractivity contribution in [2.75, 3.05) is 19.6 Å². The Balaban J connectivity index is 1.50. The lowest BCUT2D eigenvalue weighted by Crippen LogP contribution is -2.23. The van der Waals surface area contributed by atoms with E-state index in [1.54, 1.807) is 12.1 Å². The molecule has 1 saturated carbocycles. The van der Waals surface area contributed by atoms with Gasteiger partial charge in [0.25, 0.3) is 0 Å². The molecule has 0 spiro atoms. The SMILES string of the molecule is OC1C[C@@H]2CN(C/C=C/c3ccc(F)cc3)C[C@@H]2C1. The number of nitrogens with zero attached hydrogens (tertiary/aromatic N) is 1. The molecule has 2 fully saturated rings. The van der Waals surface area contributed by atoms with Crippen LogP contribution in [0.4, 0.5) is 4.39 Å². The summed E-state index contributed by atoms with van der Waals surface area (Å²) >= 11 is 0. The number of rotatable bonds is 3. The monoisotopic (exact) mass is 261 g/mol. The van der Waals surface area contributed by atoms with Gasteiger partial charge in [0.2, 0.25) is 0 Å². The van der Waals surface area contributed by atoms with Crippen LogP contribution < -0.4 is 0 Å². The number of likely N-dealkylation sites (tertiary alicyclic amines) is 1. The van der Waals surface area contributed by atoms with Crippen LogP contribution in [0, 0.1) is 17.7 Å². The minimum absolute atomic E-state index is 0.0630. The zero-order chi connectivity index (χ0) is 13.2. The predicted octanol–water partition coefficient (Wildman–Crippen LogP) is 2.54. The van der Waals surface area contributed by atoms with Crippen molar-refractivity contribution in [3.8, 4) is 0 Å². The molecule has 1 unspecified atom stereocenters. The molecule has 0 amide bonds. The first-order chi connectivity index (χ1) is 9.20. The summed E-state index contributed by atoms with van der Waals surface area (Å²) in [5.74, 6) is 1.19. The van der Waals surface area contributed by atoms with Crippen molar-refractivity contribution < 1.29 is 9.50 Å². The van der Waals surface area contributed by atoms with Gasteiger partial charge in [-0.3, -0.25) is 4.90 Å². The second kappa shape index (κ2) is 5.43. The molecule has 3 rings (SSSR count). The maximum absolute atomic E-state index is 12.8. The van der Waals surface area contributed by atoms with Crippen molar-refractivity contribution in [3.05, 3.63) is 41.7 Å². The Kier molecular flexibility index (Phi) is 3.67. The van der Waals surface area contributed by atoms with E-state index < -0.39 is 0 Å². The van der Waals surface area contributed by atoms with Gasteiger partial charge >= 0.3 is 0 Å². The van der Waals surface area contributed by atoms with Gasteiger partial charge in [0.05, 0.1) is 6.10 Å². The molecular weight excluding hydrogens is 241 g/mol. The highest BCUT2D eigenvalue weighted by molar-refractivity contribution is 5.48. The summed E-state index contributed by atoms with van der Waals surface area (Å²) in [6, 6.07) is 6.56. The van der Waals surface area contributed by atoms with E-state index >= 15 is 0 Å². The van der Waals surface area contributed by atoms with E-state index in [0.717, 1.165) is 38.0 Å². The van der Waals surface area contributed by atoms with Crippen molar-refractivity contribution in [3.63, 3.8) is 0 Å². The lowest BCUT2D eigenvalue weighted by atomic mass is 10.0. The Bertz CT molecular complexity index is 442. The van der Waals surface area contributed by atoms with E-state index in [2.05, 4.69) is 11.0 Å². The summed E-state index contributed by atoms with van der Waals surface area (Å²) in [4.78, 5) is 2.45. The molecule has 19 heavy (non-hydrogen) atoms. The summed E-state index contributed by atoms with van der Waals surface area (Å²) < 4.78 is 12.8. The zero-order valence-electron chi connectivity index (χ0n) is 11.0. The van der Waals surface area contributed by atoms with Gasteiger partial charge in [-0.05, 0) is 42.4 Å². The van der Waals surface area contributed by atoms with Gasteiger partial charge < -0.3 is 5.11 Å². The minimum Gasteiger partial charge on any atom is -0.393 e. The van der Waals surface area contributed by atoms with Crippen LogP contribution in [0.25, 0.3) is 6.08 Å². The molecule has 1 aliphatic heterocycles. The summed E-state index contributed by atoms with van der Waals surface area (Å²) in [6.45, 7) is 3.16. The number of aliphatic hydroxyl groups excluding tert-OH is 1. The highest BCUT2D eigenvalue weighted by atomic mass is 19.1. The van der Waals surface area contributed by atoms with Crippen LogP contribution >= 0.6 is 0 Å². The highest BCUT2D eigenvalue weighted by Crippen LogP contribution is 2.37. The second-order valence-electron chi connectivity index (χ2n) is 5.82. The zero-order valence-corrected chi connectivity index (χ0v) is 11.0.